The lowest BCUT2D eigenvalue weighted by atomic mass is 9.89. The standard InChI is InChI=1S/C11H24N3O4P/c1-4-11(5-2,10(15)12-19(16,17)18)14-8-6-13(3)7-9-14/h4-9H2,1-3H3,(H3,12,15,16,17,18). The summed E-state index contributed by atoms with van der Waals surface area (Å²) < 4.78 is 11.0. The van der Waals surface area contributed by atoms with E-state index in [0.717, 1.165) is 26.2 Å². The van der Waals surface area contributed by atoms with Crippen LogP contribution in [0.4, 0.5) is 0 Å². The normalized spacial score (nSPS) is 19.4. The van der Waals surface area contributed by atoms with E-state index in [0.29, 0.717) is 12.8 Å². The number of nitrogens with zero attached hydrogens (tertiary/aromatic N) is 2. The van der Waals surface area contributed by atoms with E-state index >= 15 is 0 Å². The van der Waals surface area contributed by atoms with Gasteiger partial charge in [0, 0.05) is 26.2 Å². The minimum atomic E-state index is -4.54. The second kappa shape index (κ2) is 6.33. The molecule has 1 aliphatic heterocycles. The lowest BCUT2D eigenvalue weighted by Crippen LogP contribution is -2.62. The van der Waals surface area contributed by atoms with Gasteiger partial charge in [0.15, 0.2) is 0 Å². The smallest absolute Gasteiger partial charge is 0.308 e. The third kappa shape index (κ3) is 4.00. The number of likely N-dealkylation sites (N-methyl/N-ethyl adjacent to an activating group) is 1. The highest BCUT2D eigenvalue weighted by molar-refractivity contribution is 7.50. The third-order valence-corrected chi connectivity index (χ3v) is 4.44. The number of carbonyl (C=O) groups is 1. The molecule has 0 saturated carbocycles. The summed E-state index contributed by atoms with van der Waals surface area (Å²) in [6.07, 6.45) is 1.05. The fourth-order valence-electron chi connectivity index (χ4n) is 2.63. The van der Waals surface area contributed by atoms with Crippen LogP contribution in [-0.4, -0.2) is 64.3 Å². The van der Waals surface area contributed by atoms with Crippen molar-refractivity contribution in [3.63, 3.8) is 0 Å². The molecule has 19 heavy (non-hydrogen) atoms. The molecule has 7 nitrogen and oxygen atoms in total. The predicted octanol–water partition coefficient (Wildman–Crippen LogP) is 0.00150. The van der Waals surface area contributed by atoms with E-state index in [9.17, 15) is 9.36 Å². The molecule has 0 bridgehead atoms. The number of hydrogen-bond acceptors (Lipinski definition) is 4. The molecule has 1 rings (SSSR count). The van der Waals surface area contributed by atoms with E-state index in [1.807, 2.05) is 30.9 Å². The average molecular weight is 293 g/mol. The average Bonchev–Trinajstić information content (AvgIpc) is 2.31. The highest BCUT2D eigenvalue weighted by atomic mass is 31.2. The molecule has 0 atom stereocenters. The zero-order valence-electron chi connectivity index (χ0n) is 11.8. The van der Waals surface area contributed by atoms with Crippen LogP contribution < -0.4 is 5.09 Å². The third-order valence-electron chi connectivity index (χ3n) is 3.95. The van der Waals surface area contributed by atoms with Crippen molar-refractivity contribution in [1.82, 2.24) is 14.9 Å². The van der Waals surface area contributed by atoms with Gasteiger partial charge < -0.3 is 14.7 Å². The Morgan fingerprint density at radius 1 is 1.21 bits per heavy atom. The Hall–Kier alpha value is -0.460. The van der Waals surface area contributed by atoms with Crippen molar-refractivity contribution in [2.45, 2.75) is 32.2 Å². The molecular weight excluding hydrogens is 269 g/mol. The van der Waals surface area contributed by atoms with Gasteiger partial charge in [-0.25, -0.2) is 4.57 Å². The number of hydrogen-bond donors (Lipinski definition) is 3. The molecule has 0 aromatic rings. The fraction of sp³-hybridized carbons (Fsp3) is 0.909. The SMILES string of the molecule is CCC(CC)(C(=O)NP(=O)(O)O)N1CCN(C)CC1. The van der Waals surface area contributed by atoms with Crippen molar-refractivity contribution in [2.75, 3.05) is 33.2 Å². The minimum absolute atomic E-state index is 0.527. The summed E-state index contributed by atoms with van der Waals surface area (Å²) in [5.74, 6) is -0.574. The molecule has 1 aliphatic rings. The Labute approximate surface area is 114 Å². The number of rotatable bonds is 5. The van der Waals surface area contributed by atoms with Crippen LogP contribution >= 0.6 is 7.75 Å². The van der Waals surface area contributed by atoms with Crippen LogP contribution in [0.3, 0.4) is 0 Å². The summed E-state index contributed by atoms with van der Waals surface area (Å²) in [5.41, 5.74) is -0.831. The summed E-state index contributed by atoms with van der Waals surface area (Å²) in [6.45, 7) is 6.91. The molecule has 1 amide bonds. The molecule has 8 heteroatoms. The second-order valence-corrected chi connectivity index (χ2v) is 6.33. The Morgan fingerprint density at radius 3 is 2.05 bits per heavy atom. The largest absolute Gasteiger partial charge is 0.429 e. The monoisotopic (exact) mass is 293 g/mol. The van der Waals surface area contributed by atoms with Crippen LogP contribution in [0.2, 0.25) is 0 Å². The molecule has 1 fully saturated rings. The van der Waals surface area contributed by atoms with Gasteiger partial charge in [0.05, 0.1) is 0 Å². The van der Waals surface area contributed by atoms with Gasteiger partial charge >= 0.3 is 7.75 Å². The van der Waals surface area contributed by atoms with E-state index in [4.69, 9.17) is 9.79 Å². The van der Waals surface area contributed by atoms with Gasteiger partial charge in [0.1, 0.15) is 5.54 Å². The Bertz CT molecular complexity index is 359. The minimum Gasteiger partial charge on any atom is -0.308 e. The summed E-state index contributed by atoms with van der Waals surface area (Å²) in [7, 11) is -2.52. The molecule has 1 saturated heterocycles. The summed E-state index contributed by atoms with van der Waals surface area (Å²) in [6, 6.07) is 0. The maximum absolute atomic E-state index is 12.3. The molecule has 112 valence electrons. The van der Waals surface area contributed by atoms with Crippen molar-refractivity contribution >= 4 is 13.7 Å². The van der Waals surface area contributed by atoms with E-state index in [-0.39, 0.29) is 0 Å². The fourth-order valence-corrected chi connectivity index (χ4v) is 3.11. The number of amides is 1. The van der Waals surface area contributed by atoms with Crippen molar-refractivity contribution in [2.24, 2.45) is 0 Å². The van der Waals surface area contributed by atoms with Crippen molar-refractivity contribution in [3.05, 3.63) is 0 Å². The molecule has 0 aliphatic carbocycles. The van der Waals surface area contributed by atoms with Gasteiger partial charge in [-0.3, -0.25) is 14.8 Å². The Kier molecular flexibility index (Phi) is 5.53. The van der Waals surface area contributed by atoms with Gasteiger partial charge in [0.25, 0.3) is 0 Å². The van der Waals surface area contributed by atoms with Crippen LogP contribution in [0.1, 0.15) is 26.7 Å². The zero-order valence-corrected chi connectivity index (χ0v) is 12.7. The molecule has 3 N–H and O–H groups in total. The highest BCUT2D eigenvalue weighted by Crippen LogP contribution is 2.33. The van der Waals surface area contributed by atoms with Crippen LogP contribution in [-0.2, 0) is 9.36 Å². The Morgan fingerprint density at radius 2 is 1.68 bits per heavy atom. The van der Waals surface area contributed by atoms with Crippen LogP contribution in [0.25, 0.3) is 0 Å². The molecule has 0 aromatic carbocycles. The van der Waals surface area contributed by atoms with Crippen molar-refractivity contribution < 1.29 is 19.1 Å². The first-order valence-electron chi connectivity index (χ1n) is 6.57. The van der Waals surface area contributed by atoms with Gasteiger partial charge in [0.2, 0.25) is 5.91 Å². The van der Waals surface area contributed by atoms with Gasteiger partial charge in [-0.1, -0.05) is 13.8 Å². The summed E-state index contributed by atoms with van der Waals surface area (Å²) in [4.78, 5) is 34.3. The molecule has 0 radical (unpaired) electrons. The number of carbonyl (C=O) groups excluding carboxylic acids is 1. The summed E-state index contributed by atoms with van der Waals surface area (Å²) >= 11 is 0. The van der Waals surface area contributed by atoms with Gasteiger partial charge in [-0.2, -0.15) is 0 Å². The number of nitrogens with one attached hydrogen (secondary N) is 1. The molecular formula is C11H24N3O4P. The first-order chi connectivity index (χ1) is 8.75. The van der Waals surface area contributed by atoms with Gasteiger partial charge in [-0.15, -0.1) is 0 Å². The first-order valence-corrected chi connectivity index (χ1v) is 8.18. The van der Waals surface area contributed by atoms with Crippen LogP contribution in [0.15, 0.2) is 0 Å². The highest BCUT2D eigenvalue weighted by Gasteiger charge is 2.43. The maximum Gasteiger partial charge on any atom is 0.429 e. The lowest BCUT2D eigenvalue weighted by molar-refractivity contribution is -0.134. The predicted molar refractivity (Wildman–Crippen MR) is 72.6 cm³/mol. The quantitative estimate of drug-likeness (QED) is 0.618. The zero-order chi connectivity index (χ0) is 14.7. The Balaban J connectivity index is 2.90. The topological polar surface area (TPSA) is 93.1 Å². The van der Waals surface area contributed by atoms with Crippen LogP contribution in [0.5, 0.6) is 0 Å². The molecule has 0 unspecified atom stereocenters. The summed E-state index contributed by atoms with van der Waals surface area (Å²) in [5, 5.41) is 1.84. The molecule has 0 aromatic heterocycles. The van der Waals surface area contributed by atoms with E-state index < -0.39 is 19.2 Å². The van der Waals surface area contributed by atoms with Crippen molar-refractivity contribution in [3.8, 4) is 0 Å². The number of piperazine rings is 1. The van der Waals surface area contributed by atoms with E-state index in [1.165, 1.54) is 0 Å². The van der Waals surface area contributed by atoms with Crippen LogP contribution in [0, 0.1) is 0 Å². The first kappa shape index (κ1) is 16.6. The van der Waals surface area contributed by atoms with Gasteiger partial charge in [-0.05, 0) is 19.9 Å². The molecule has 1 heterocycles. The second-order valence-electron chi connectivity index (χ2n) is 5.01. The van der Waals surface area contributed by atoms with E-state index in [1.54, 1.807) is 0 Å². The molecule has 0 spiro atoms. The van der Waals surface area contributed by atoms with Crippen molar-refractivity contribution in [1.29, 1.82) is 0 Å². The lowest BCUT2D eigenvalue weighted by Gasteiger charge is -2.45. The van der Waals surface area contributed by atoms with E-state index in [2.05, 4.69) is 4.90 Å². The maximum atomic E-state index is 12.3.